The number of nitrogens with two attached hydrogens (primary N) is 1. The third-order valence-electron chi connectivity index (χ3n) is 5.35. The minimum Gasteiger partial charge on any atom is -0.379 e. The van der Waals surface area contributed by atoms with Crippen LogP contribution in [-0.4, -0.2) is 48.6 Å². The van der Waals surface area contributed by atoms with Gasteiger partial charge in [-0.25, -0.2) is 0 Å². The van der Waals surface area contributed by atoms with Crippen molar-refractivity contribution in [2.24, 2.45) is 5.73 Å². The molecule has 1 aromatic heterocycles. The van der Waals surface area contributed by atoms with E-state index in [0.717, 1.165) is 73.5 Å². The van der Waals surface area contributed by atoms with Crippen LogP contribution in [0.2, 0.25) is 0 Å². The molecule has 3 N–H and O–H groups in total. The Morgan fingerprint density at radius 2 is 1.93 bits per heavy atom. The Morgan fingerprint density at radius 3 is 2.76 bits per heavy atom. The third-order valence-corrected chi connectivity index (χ3v) is 5.35. The van der Waals surface area contributed by atoms with Gasteiger partial charge in [-0.1, -0.05) is 30.3 Å². The number of benzene rings is 2. The summed E-state index contributed by atoms with van der Waals surface area (Å²) in [5, 5.41) is 4.49. The molecule has 1 amide bonds. The molecular formula is C23H26N4O2. The fraction of sp³-hybridized carbons (Fsp3) is 0.304. The molecule has 6 heteroatoms. The minimum atomic E-state index is -0.430. The lowest BCUT2D eigenvalue weighted by Gasteiger charge is -2.26. The van der Waals surface area contributed by atoms with Gasteiger partial charge in [-0.2, -0.15) is 0 Å². The zero-order valence-corrected chi connectivity index (χ0v) is 16.4. The van der Waals surface area contributed by atoms with Crippen LogP contribution in [0.25, 0.3) is 10.9 Å². The second-order valence-corrected chi connectivity index (χ2v) is 7.26. The number of ether oxygens (including phenoxy) is 1. The lowest BCUT2D eigenvalue weighted by Crippen LogP contribution is -2.36. The number of aromatic nitrogens is 1. The lowest BCUT2D eigenvalue weighted by molar-refractivity contribution is 0.0375. The van der Waals surface area contributed by atoms with E-state index in [1.54, 1.807) is 12.3 Å². The molecule has 4 rings (SSSR count). The summed E-state index contributed by atoms with van der Waals surface area (Å²) in [7, 11) is 0. The fourth-order valence-corrected chi connectivity index (χ4v) is 3.82. The van der Waals surface area contributed by atoms with E-state index in [4.69, 9.17) is 10.5 Å². The van der Waals surface area contributed by atoms with E-state index in [-0.39, 0.29) is 0 Å². The first kappa shape index (κ1) is 19.4. The van der Waals surface area contributed by atoms with Gasteiger partial charge in [0.15, 0.2) is 0 Å². The molecular weight excluding hydrogens is 364 g/mol. The van der Waals surface area contributed by atoms with E-state index in [2.05, 4.69) is 21.3 Å². The Labute approximate surface area is 170 Å². The fourth-order valence-electron chi connectivity index (χ4n) is 3.82. The number of morpholine rings is 1. The Morgan fingerprint density at radius 1 is 1.10 bits per heavy atom. The number of carbonyl (C=O) groups excluding carboxylic acids is 1. The van der Waals surface area contributed by atoms with Gasteiger partial charge in [-0.05, 0) is 43.1 Å². The molecule has 0 saturated carbocycles. The molecule has 0 spiro atoms. The summed E-state index contributed by atoms with van der Waals surface area (Å²) in [6.07, 6.45) is 3.65. The second-order valence-electron chi connectivity index (χ2n) is 7.26. The number of para-hydroxylation sites is 2. The average molecular weight is 390 g/mol. The Bertz CT molecular complexity index is 994. The molecule has 0 bridgehead atoms. The second kappa shape index (κ2) is 9.03. The summed E-state index contributed by atoms with van der Waals surface area (Å²) in [5.41, 5.74) is 9.90. The van der Waals surface area contributed by atoms with Crippen molar-refractivity contribution in [1.29, 1.82) is 0 Å². The molecule has 29 heavy (non-hydrogen) atoms. The highest BCUT2D eigenvalue weighted by molar-refractivity contribution is 6.02. The number of hydrogen-bond acceptors (Lipinski definition) is 5. The van der Waals surface area contributed by atoms with Gasteiger partial charge < -0.3 is 15.8 Å². The van der Waals surface area contributed by atoms with Crippen LogP contribution in [-0.2, 0) is 11.2 Å². The molecule has 1 fully saturated rings. The van der Waals surface area contributed by atoms with E-state index in [1.165, 1.54) is 0 Å². The number of hydrogen-bond donors (Lipinski definition) is 2. The quantitative estimate of drug-likeness (QED) is 0.647. The highest BCUT2D eigenvalue weighted by Crippen LogP contribution is 2.30. The Balaban J connectivity index is 1.59. The van der Waals surface area contributed by atoms with Crippen molar-refractivity contribution in [2.45, 2.75) is 12.8 Å². The van der Waals surface area contributed by atoms with Crippen molar-refractivity contribution in [1.82, 2.24) is 9.88 Å². The summed E-state index contributed by atoms with van der Waals surface area (Å²) in [6.45, 7) is 4.59. The Hall–Kier alpha value is -2.96. The molecule has 1 aliphatic rings. The third kappa shape index (κ3) is 4.55. The van der Waals surface area contributed by atoms with Crippen molar-refractivity contribution >= 4 is 28.2 Å². The summed E-state index contributed by atoms with van der Waals surface area (Å²) < 4.78 is 5.42. The molecule has 0 unspecified atom stereocenters. The topological polar surface area (TPSA) is 80.5 Å². The summed E-state index contributed by atoms with van der Waals surface area (Å²) in [5.74, 6) is -0.430. The smallest absolute Gasteiger partial charge is 0.250 e. The zero-order valence-electron chi connectivity index (χ0n) is 16.4. The van der Waals surface area contributed by atoms with Crippen LogP contribution in [0.15, 0.2) is 54.7 Å². The van der Waals surface area contributed by atoms with Gasteiger partial charge in [0.1, 0.15) is 0 Å². The number of amides is 1. The van der Waals surface area contributed by atoms with Crippen molar-refractivity contribution in [3.8, 4) is 0 Å². The number of anilines is 2. The predicted molar refractivity (Wildman–Crippen MR) is 116 cm³/mol. The van der Waals surface area contributed by atoms with Crippen LogP contribution in [0, 0.1) is 0 Å². The van der Waals surface area contributed by atoms with Crippen LogP contribution in [0.3, 0.4) is 0 Å². The first-order chi connectivity index (χ1) is 14.2. The Kier molecular flexibility index (Phi) is 6.03. The zero-order chi connectivity index (χ0) is 20.1. The molecule has 1 saturated heterocycles. The number of rotatable bonds is 7. The van der Waals surface area contributed by atoms with Gasteiger partial charge in [0.2, 0.25) is 0 Å². The standard InChI is InChI=1S/C23H26N4O2/c24-23(28)19-8-3-5-17(6-4-12-27-13-15-29-16-14-27)22(19)26-21-10-11-25-20-9-2-1-7-18(20)21/h1-3,5,7-11H,4,6,12-16H2,(H2,24,28)(H,25,26). The van der Waals surface area contributed by atoms with E-state index in [1.807, 2.05) is 36.4 Å². The number of aryl methyl sites for hydroxylation is 1. The molecule has 2 aromatic carbocycles. The largest absolute Gasteiger partial charge is 0.379 e. The number of carbonyl (C=O) groups is 1. The molecule has 2 heterocycles. The molecule has 0 atom stereocenters. The van der Waals surface area contributed by atoms with Gasteiger partial charge in [-0.3, -0.25) is 14.7 Å². The molecule has 1 aliphatic heterocycles. The van der Waals surface area contributed by atoms with Crippen LogP contribution >= 0.6 is 0 Å². The van der Waals surface area contributed by atoms with Crippen LogP contribution in [0.4, 0.5) is 11.4 Å². The van der Waals surface area contributed by atoms with E-state index < -0.39 is 5.91 Å². The SMILES string of the molecule is NC(=O)c1cccc(CCCN2CCOCC2)c1Nc1ccnc2ccccc12. The lowest BCUT2D eigenvalue weighted by atomic mass is 10.0. The summed E-state index contributed by atoms with van der Waals surface area (Å²) in [6, 6.07) is 15.6. The van der Waals surface area contributed by atoms with Crippen molar-refractivity contribution in [2.75, 3.05) is 38.2 Å². The van der Waals surface area contributed by atoms with Gasteiger partial charge in [0, 0.05) is 30.4 Å². The van der Waals surface area contributed by atoms with Gasteiger partial charge in [0.05, 0.1) is 30.0 Å². The van der Waals surface area contributed by atoms with Gasteiger partial charge in [0.25, 0.3) is 5.91 Å². The van der Waals surface area contributed by atoms with Crippen LogP contribution in [0.5, 0.6) is 0 Å². The van der Waals surface area contributed by atoms with E-state index >= 15 is 0 Å². The number of primary amides is 1. The highest BCUT2D eigenvalue weighted by atomic mass is 16.5. The molecule has 150 valence electrons. The van der Waals surface area contributed by atoms with Crippen molar-refractivity contribution in [3.05, 3.63) is 65.9 Å². The van der Waals surface area contributed by atoms with Crippen molar-refractivity contribution < 1.29 is 9.53 Å². The van der Waals surface area contributed by atoms with Crippen molar-refractivity contribution in [3.63, 3.8) is 0 Å². The number of pyridine rings is 1. The van der Waals surface area contributed by atoms with E-state index in [0.29, 0.717) is 5.56 Å². The van der Waals surface area contributed by atoms with Gasteiger partial charge in [-0.15, -0.1) is 0 Å². The number of fused-ring (bicyclic) bond motifs is 1. The maximum atomic E-state index is 12.1. The number of nitrogens with one attached hydrogen (secondary N) is 1. The average Bonchev–Trinajstić information content (AvgIpc) is 2.75. The molecule has 6 nitrogen and oxygen atoms in total. The first-order valence-corrected chi connectivity index (χ1v) is 10.0. The molecule has 3 aromatic rings. The predicted octanol–water partition coefficient (Wildman–Crippen LogP) is 3.34. The summed E-state index contributed by atoms with van der Waals surface area (Å²) >= 11 is 0. The summed E-state index contributed by atoms with van der Waals surface area (Å²) in [4.78, 5) is 18.9. The van der Waals surface area contributed by atoms with Gasteiger partial charge >= 0.3 is 0 Å². The minimum absolute atomic E-state index is 0.430. The maximum absolute atomic E-state index is 12.1. The highest BCUT2D eigenvalue weighted by Gasteiger charge is 2.15. The molecule has 0 aliphatic carbocycles. The maximum Gasteiger partial charge on any atom is 0.250 e. The van der Waals surface area contributed by atoms with Crippen LogP contribution in [0.1, 0.15) is 22.3 Å². The van der Waals surface area contributed by atoms with Crippen LogP contribution < -0.4 is 11.1 Å². The molecule has 0 radical (unpaired) electrons. The monoisotopic (exact) mass is 390 g/mol. The number of nitrogens with zero attached hydrogens (tertiary/aromatic N) is 2. The first-order valence-electron chi connectivity index (χ1n) is 10.0. The normalized spacial score (nSPS) is 14.8. The van der Waals surface area contributed by atoms with E-state index in [9.17, 15) is 4.79 Å².